The number of fused-ring (bicyclic) bond motifs is 1. The van der Waals surface area contributed by atoms with Crippen molar-refractivity contribution in [1.29, 1.82) is 0 Å². The molecule has 1 atom stereocenters. The number of halogens is 1. The molecular formula is C19H17FN4S. The van der Waals surface area contributed by atoms with Crippen molar-refractivity contribution in [3.8, 4) is 0 Å². The molecule has 0 bridgehead atoms. The van der Waals surface area contributed by atoms with Gasteiger partial charge in [0.1, 0.15) is 5.82 Å². The highest BCUT2D eigenvalue weighted by molar-refractivity contribution is 7.80. The lowest BCUT2D eigenvalue weighted by atomic mass is 10.0. The molecule has 1 aliphatic heterocycles. The van der Waals surface area contributed by atoms with Crippen LogP contribution in [0.4, 0.5) is 10.1 Å². The number of pyridine rings is 1. The lowest BCUT2D eigenvalue weighted by Gasteiger charge is -2.39. The van der Waals surface area contributed by atoms with Gasteiger partial charge in [0.2, 0.25) is 0 Å². The topological polar surface area (TPSA) is 33.1 Å². The molecule has 0 radical (unpaired) electrons. The number of hydrogen-bond acceptors (Lipinski definition) is 2. The van der Waals surface area contributed by atoms with Gasteiger partial charge in [0.05, 0.1) is 6.04 Å². The lowest BCUT2D eigenvalue weighted by molar-refractivity contribution is 0.293. The zero-order valence-electron chi connectivity index (χ0n) is 13.5. The minimum Gasteiger partial charge on any atom is -0.348 e. The number of rotatable bonds is 2. The highest BCUT2D eigenvalue weighted by atomic mass is 32.1. The Bertz CT molecular complexity index is 893. The second-order valence-corrected chi connectivity index (χ2v) is 6.33. The maximum Gasteiger partial charge on any atom is 0.174 e. The number of nitrogens with one attached hydrogen (secondary N) is 1. The average molecular weight is 352 g/mol. The van der Waals surface area contributed by atoms with Crippen molar-refractivity contribution < 1.29 is 4.39 Å². The quantitative estimate of drug-likeness (QED) is 0.711. The third kappa shape index (κ3) is 3.13. The van der Waals surface area contributed by atoms with Gasteiger partial charge in [0.25, 0.3) is 0 Å². The Hall–Kier alpha value is -2.73. The van der Waals surface area contributed by atoms with Gasteiger partial charge < -0.3 is 14.8 Å². The molecule has 4 nitrogen and oxygen atoms in total. The molecule has 25 heavy (non-hydrogen) atoms. The first-order chi connectivity index (χ1) is 12.2. The third-order valence-electron chi connectivity index (χ3n) is 4.40. The first kappa shape index (κ1) is 15.8. The number of aromatic nitrogens is 2. The SMILES string of the molecule is Fc1cccc(NC(=S)N2CCn3cccc3[C@H]2c2ccncc2)c1. The van der Waals surface area contributed by atoms with E-state index in [1.807, 2.05) is 18.2 Å². The maximum atomic E-state index is 13.4. The van der Waals surface area contributed by atoms with Gasteiger partial charge >= 0.3 is 0 Å². The number of hydrogen-bond donors (Lipinski definition) is 1. The summed E-state index contributed by atoms with van der Waals surface area (Å²) >= 11 is 5.65. The first-order valence-electron chi connectivity index (χ1n) is 8.10. The minimum atomic E-state index is -0.286. The molecule has 0 spiro atoms. The molecule has 3 aromatic rings. The summed E-state index contributed by atoms with van der Waals surface area (Å²) in [6.45, 7) is 1.63. The van der Waals surface area contributed by atoms with E-state index in [0.29, 0.717) is 10.8 Å². The molecule has 0 saturated heterocycles. The third-order valence-corrected chi connectivity index (χ3v) is 4.73. The van der Waals surface area contributed by atoms with E-state index in [0.717, 1.165) is 18.7 Å². The molecule has 4 rings (SSSR count). The zero-order valence-corrected chi connectivity index (χ0v) is 14.3. The molecule has 1 aromatic carbocycles. The predicted octanol–water partition coefficient (Wildman–Crippen LogP) is 3.82. The van der Waals surface area contributed by atoms with E-state index in [9.17, 15) is 4.39 Å². The summed E-state index contributed by atoms with van der Waals surface area (Å²) in [7, 11) is 0. The fourth-order valence-corrected chi connectivity index (χ4v) is 3.57. The number of benzene rings is 1. The van der Waals surface area contributed by atoms with E-state index in [4.69, 9.17) is 12.2 Å². The molecule has 126 valence electrons. The van der Waals surface area contributed by atoms with Gasteiger partial charge in [-0.3, -0.25) is 4.98 Å². The van der Waals surface area contributed by atoms with E-state index < -0.39 is 0 Å². The van der Waals surface area contributed by atoms with Gasteiger partial charge in [-0.15, -0.1) is 0 Å². The molecule has 0 saturated carbocycles. The number of anilines is 1. The van der Waals surface area contributed by atoms with Crippen LogP contribution in [0.3, 0.4) is 0 Å². The lowest BCUT2D eigenvalue weighted by Crippen LogP contribution is -2.44. The van der Waals surface area contributed by atoms with Gasteiger partial charge in [0.15, 0.2) is 5.11 Å². The molecule has 0 unspecified atom stereocenters. The fourth-order valence-electron chi connectivity index (χ4n) is 3.26. The van der Waals surface area contributed by atoms with Crippen LogP contribution in [-0.4, -0.2) is 26.1 Å². The van der Waals surface area contributed by atoms with Gasteiger partial charge in [-0.2, -0.15) is 0 Å². The second-order valence-electron chi connectivity index (χ2n) is 5.94. The highest BCUT2D eigenvalue weighted by Crippen LogP contribution is 2.32. The van der Waals surface area contributed by atoms with Crippen molar-refractivity contribution in [2.75, 3.05) is 11.9 Å². The molecule has 6 heteroatoms. The molecule has 0 aliphatic carbocycles. The fraction of sp³-hybridized carbons (Fsp3) is 0.158. The summed E-state index contributed by atoms with van der Waals surface area (Å²) in [5, 5.41) is 3.75. The predicted molar refractivity (Wildman–Crippen MR) is 99.8 cm³/mol. The van der Waals surface area contributed by atoms with Crippen molar-refractivity contribution in [1.82, 2.24) is 14.5 Å². The molecule has 2 aromatic heterocycles. The molecule has 1 aliphatic rings. The monoisotopic (exact) mass is 352 g/mol. The van der Waals surface area contributed by atoms with E-state index in [2.05, 4.69) is 38.1 Å². The van der Waals surface area contributed by atoms with E-state index in [-0.39, 0.29) is 11.9 Å². The Kier molecular flexibility index (Phi) is 4.19. The Balaban J connectivity index is 1.66. The second kappa shape index (κ2) is 6.64. The summed E-state index contributed by atoms with van der Waals surface area (Å²) in [4.78, 5) is 6.26. The van der Waals surface area contributed by atoms with Crippen molar-refractivity contribution in [3.63, 3.8) is 0 Å². The van der Waals surface area contributed by atoms with Crippen molar-refractivity contribution in [2.24, 2.45) is 0 Å². The highest BCUT2D eigenvalue weighted by Gasteiger charge is 2.30. The van der Waals surface area contributed by atoms with Gasteiger partial charge in [-0.05, 0) is 60.2 Å². The van der Waals surface area contributed by atoms with Crippen LogP contribution >= 0.6 is 12.2 Å². The first-order valence-corrected chi connectivity index (χ1v) is 8.51. The number of nitrogens with zero attached hydrogens (tertiary/aromatic N) is 3. The Morgan fingerprint density at radius 2 is 1.96 bits per heavy atom. The van der Waals surface area contributed by atoms with E-state index in [1.54, 1.807) is 18.5 Å². The van der Waals surface area contributed by atoms with Crippen LogP contribution in [0.25, 0.3) is 0 Å². The van der Waals surface area contributed by atoms with Crippen LogP contribution in [-0.2, 0) is 6.54 Å². The zero-order chi connectivity index (χ0) is 17.2. The van der Waals surface area contributed by atoms with Crippen molar-refractivity contribution in [3.05, 3.63) is 84.2 Å². The van der Waals surface area contributed by atoms with Crippen LogP contribution in [0.5, 0.6) is 0 Å². The van der Waals surface area contributed by atoms with Crippen LogP contribution in [0.1, 0.15) is 17.3 Å². The normalized spacial score (nSPS) is 16.4. The Labute approximate surface area is 150 Å². The van der Waals surface area contributed by atoms with E-state index >= 15 is 0 Å². The minimum absolute atomic E-state index is 0.000286. The molecular weight excluding hydrogens is 335 g/mol. The molecule has 3 heterocycles. The Morgan fingerprint density at radius 1 is 1.12 bits per heavy atom. The van der Waals surface area contributed by atoms with Crippen LogP contribution in [0.2, 0.25) is 0 Å². The molecule has 0 fully saturated rings. The van der Waals surface area contributed by atoms with Crippen molar-refractivity contribution >= 4 is 23.0 Å². The molecule has 0 amide bonds. The Morgan fingerprint density at radius 3 is 2.76 bits per heavy atom. The standard InChI is InChI=1S/C19H17FN4S/c20-15-3-1-4-16(13-15)22-19(25)24-12-11-23-10-2-5-17(23)18(24)14-6-8-21-9-7-14/h1-10,13,18H,11-12H2,(H,22,25)/t18-/m1/s1. The van der Waals surface area contributed by atoms with Gasteiger partial charge in [0, 0.05) is 43.1 Å². The van der Waals surface area contributed by atoms with Crippen LogP contribution in [0.15, 0.2) is 67.1 Å². The van der Waals surface area contributed by atoms with Gasteiger partial charge in [-0.1, -0.05) is 6.07 Å². The van der Waals surface area contributed by atoms with Gasteiger partial charge in [-0.25, -0.2) is 4.39 Å². The summed E-state index contributed by atoms with van der Waals surface area (Å²) < 4.78 is 15.7. The van der Waals surface area contributed by atoms with E-state index in [1.165, 1.54) is 17.8 Å². The maximum absolute atomic E-state index is 13.4. The number of thiocarbonyl (C=S) groups is 1. The van der Waals surface area contributed by atoms with Crippen molar-refractivity contribution in [2.45, 2.75) is 12.6 Å². The average Bonchev–Trinajstić information content (AvgIpc) is 3.10. The largest absolute Gasteiger partial charge is 0.348 e. The summed E-state index contributed by atoms with van der Waals surface area (Å²) in [5.74, 6) is -0.286. The van der Waals surface area contributed by atoms with Crippen LogP contribution in [0, 0.1) is 5.82 Å². The molecule has 1 N–H and O–H groups in total. The summed E-state index contributed by atoms with van der Waals surface area (Å²) in [5.41, 5.74) is 2.96. The summed E-state index contributed by atoms with van der Waals surface area (Å²) in [6.07, 6.45) is 5.67. The smallest absolute Gasteiger partial charge is 0.174 e. The summed E-state index contributed by atoms with van der Waals surface area (Å²) in [6, 6.07) is 14.5. The van der Waals surface area contributed by atoms with Crippen LogP contribution < -0.4 is 5.32 Å².